The van der Waals surface area contributed by atoms with E-state index in [2.05, 4.69) is 5.32 Å². The Morgan fingerprint density at radius 3 is 2.32 bits per heavy atom. The number of halogens is 1. The second-order valence-corrected chi connectivity index (χ2v) is 16.4. The molecule has 238 valence electrons. The maximum absolute atomic E-state index is 13.2. The van der Waals surface area contributed by atoms with Crippen LogP contribution in [0.4, 0.5) is 21.0 Å². The molecule has 0 saturated carbocycles. The number of hydrogen-bond donors (Lipinski definition) is 1. The molecule has 0 spiro atoms. The second-order valence-electron chi connectivity index (χ2n) is 10.5. The summed E-state index contributed by atoms with van der Waals surface area (Å²) in [5.74, 6) is -0.848. The molecule has 1 N–H and O–H groups in total. The maximum atomic E-state index is 13.2. The third kappa shape index (κ3) is 8.37. The van der Waals surface area contributed by atoms with Gasteiger partial charge >= 0.3 is 229 Å². The first-order valence-corrected chi connectivity index (χ1v) is 19.5. The van der Waals surface area contributed by atoms with Gasteiger partial charge in [0.1, 0.15) is 6.61 Å². The quantitative estimate of drug-likeness (QED) is 0.212. The number of ether oxygens (including phenoxy) is 3. The fraction of sp³-hybridized carbons (Fsp3) is 0.433. The molecule has 2 atom stereocenters. The van der Waals surface area contributed by atoms with Crippen LogP contribution in [-0.2, 0) is 35.2 Å². The van der Waals surface area contributed by atoms with Crippen molar-refractivity contribution in [1.82, 2.24) is 15.1 Å². The summed E-state index contributed by atoms with van der Waals surface area (Å²) in [6, 6.07) is 16.3. The standard InChI is InChI=1S/C30H38IN5O8/c1-31(2)27(34(4)25(37)18-33(3)29(40)43-19-21-8-6-5-7-9-21)28(39)32-16-24-17-36(30(41)44-24)23-12-10-22(11-13-23)35-14-15-42-20-26(35)38/h5-13,24,27H,14-20H2,1-4H3,(H,32,39)/t24-,27+/m0/s1. The van der Waals surface area contributed by atoms with Gasteiger partial charge < -0.3 is 4.74 Å². The van der Waals surface area contributed by atoms with E-state index in [0.29, 0.717) is 18.8 Å². The SMILES string of the molecule is CN(CC(=O)N(C)[C@H](C(=O)NC[C@H]1CN(c2ccc(N3CCOCC3=O)cc2)C(=O)O1)I(C)C)C(=O)OCc1ccccc1. The Balaban J connectivity index is 1.27. The molecule has 0 radical (unpaired) electrons. The van der Waals surface area contributed by atoms with Crippen LogP contribution in [0.5, 0.6) is 0 Å². The van der Waals surface area contributed by atoms with Gasteiger partial charge in [0.05, 0.1) is 6.61 Å². The number of anilines is 2. The van der Waals surface area contributed by atoms with Gasteiger partial charge in [-0.1, -0.05) is 0 Å². The molecule has 5 amide bonds. The van der Waals surface area contributed by atoms with E-state index in [1.54, 1.807) is 36.2 Å². The predicted molar refractivity (Wildman–Crippen MR) is 172 cm³/mol. The molecule has 2 aliphatic heterocycles. The first kappa shape index (κ1) is 33.0. The van der Waals surface area contributed by atoms with Crippen LogP contribution in [0.3, 0.4) is 0 Å². The van der Waals surface area contributed by atoms with E-state index in [4.69, 9.17) is 14.2 Å². The summed E-state index contributed by atoms with van der Waals surface area (Å²) in [4.78, 5) is 73.1. The third-order valence-corrected chi connectivity index (χ3v) is 10.9. The van der Waals surface area contributed by atoms with Gasteiger partial charge in [-0.15, -0.1) is 0 Å². The molecule has 0 bridgehead atoms. The molecule has 14 heteroatoms. The van der Waals surface area contributed by atoms with Gasteiger partial charge in [0.25, 0.3) is 5.91 Å². The normalized spacial score (nSPS) is 17.5. The van der Waals surface area contributed by atoms with Gasteiger partial charge in [0.2, 0.25) is 0 Å². The number of carbonyl (C=O) groups excluding carboxylic acids is 5. The molecule has 2 heterocycles. The number of likely N-dealkylation sites (N-methyl/N-ethyl adjacent to an activating group) is 2. The van der Waals surface area contributed by atoms with Gasteiger partial charge in [-0.25, -0.2) is 0 Å². The molecular formula is C30H38IN5O8. The molecule has 0 aromatic heterocycles. The molecule has 2 aliphatic rings. The Morgan fingerprint density at radius 1 is 1.02 bits per heavy atom. The molecule has 0 aliphatic carbocycles. The summed E-state index contributed by atoms with van der Waals surface area (Å²) >= 11 is -1.93. The zero-order chi connectivity index (χ0) is 31.8. The van der Waals surface area contributed by atoms with Crippen molar-refractivity contribution in [3.63, 3.8) is 0 Å². The molecule has 2 aromatic carbocycles. The van der Waals surface area contributed by atoms with Crippen LogP contribution in [0, 0.1) is 0 Å². The van der Waals surface area contributed by atoms with Gasteiger partial charge in [0, 0.05) is 6.54 Å². The number of amides is 5. The van der Waals surface area contributed by atoms with Gasteiger partial charge in [0.15, 0.2) is 0 Å². The van der Waals surface area contributed by atoms with Crippen LogP contribution in [-0.4, -0.2) is 113 Å². The van der Waals surface area contributed by atoms with Crippen LogP contribution in [0.1, 0.15) is 5.56 Å². The van der Waals surface area contributed by atoms with Crippen LogP contribution in [0.15, 0.2) is 54.6 Å². The number of rotatable bonds is 11. The number of cyclic esters (lactones) is 1. The summed E-state index contributed by atoms with van der Waals surface area (Å²) < 4.78 is 15.3. The first-order chi connectivity index (χ1) is 21.0. The first-order valence-electron chi connectivity index (χ1n) is 13.9. The van der Waals surface area contributed by atoms with Crippen molar-refractivity contribution < 1.29 is 38.2 Å². The van der Waals surface area contributed by atoms with E-state index < -0.39 is 48.1 Å². The number of nitrogens with one attached hydrogen (secondary N) is 1. The van der Waals surface area contributed by atoms with Gasteiger partial charge in [-0.2, -0.15) is 0 Å². The van der Waals surface area contributed by atoms with E-state index >= 15 is 0 Å². The number of nitrogens with zero attached hydrogens (tertiary/aromatic N) is 4. The second kappa shape index (κ2) is 15.2. The summed E-state index contributed by atoms with van der Waals surface area (Å²) in [6.07, 6.45) is -1.77. The summed E-state index contributed by atoms with van der Waals surface area (Å²) in [6.45, 7) is 1.11. The van der Waals surface area contributed by atoms with E-state index in [-0.39, 0.29) is 44.7 Å². The van der Waals surface area contributed by atoms with Crippen molar-refractivity contribution >= 4 is 61.1 Å². The van der Waals surface area contributed by atoms with Crippen molar-refractivity contribution in [1.29, 1.82) is 0 Å². The zero-order valence-corrected chi connectivity index (χ0v) is 27.4. The Hall–Kier alpha value is -3.92. The monoisotopic (exact) mass is 723 g/mol. The van der Waals surface area contributed by atoms with Crippen LogP contribution in [0.2, 0.25) is 0 Å². The van der Waals surface area contributed by atoms with E-state index in [9.17, 15) is 24.0 Å². The average molecular weight is 724 g/mol. The summed E-state index contributed by atoms with van der Waals surface area (Å²) in [5, 5.41) is 2.85. The molecule has 2 aromatic rings. The minimum atomic E-state index is -1.93. The van der Waals surface area contributed by atoms with Crippen molar-refractivity contribution in [2.24, 2.45) is 0 Å². The Morgan fingerprint density at radius 2 is 1.68 bits per heavy atom. The Bertz CT molecular complexity index is 1340. The van der Waals surface area contributed by atoms with Gasteiger partial charge in [-0.3, -0.25) is 4.79 Å². The minimum absolute atomic E-state index is 0.0406. The van der Waals surface area contributed by atoms with Crippen LogP contribution < -0.4 is 15.1 Å². The number of morpholine rings is 1. The fourth-order valence-corrected chi connectivity index (χ4v) is 8.08. The average Bonchev–Trinajstić information content (AvgIpc) is 3.39. The fourth-order valence-electron chi connectivity index (χ4n) is 4.74. The van der Waals surface area contributed by atoms with Crippen molar-refractivity contribution in [3.05, 3.63) is 60.2 Å². The molecule has 4 rings (SSSR count). The molecule has 2 saturated heterocycles. The van der Waals surface area contributed by atoms with E-state index in [1.165, 1.54) is 21.7 Å². The Kier molecular flexibility index (Phi) is 11.4. The molecular weight excluding hydrogens is 685 g/mol. The number of hydrogen-bond acceptors (Lipinski definition) is 8. The molecule has 0 unspecified atom stereocenters. The predicted octanol–water partition coefficient (Wildman–Crippen LogP) is 2.31. The van der Waals surface area contributed by atoms with Crippen LogP contribution >= 0.6 is 19.8 Å². The van der Waals surface area contributed by atoms with Crippen molar-refractivity contribution in [2.75, 3.05) is 73.1 Å². The molecule has 2 fully saturated rings. The molecule has 44 heavy (non-hydrogen) atoms. The van der Waals surface area contributed by atoms with Crippen molar-refractivity contribution in [2.45, 2.75) is 16.8 Å². The summed E-state index contributed by atoms with van der Waals surface area (Å²) in [5.41, 5.74) is 2.16. The number of alkyl halides is 3. The number of benzene rings is 2. The number of carbonyl (C=O) groups is 5. The van der Waals surface area contributed by atoms with Crippen molar-refractivity contribution in [3.8, 4) is 0 Å². The Labute approximate surface area is 263 Å². The summed E-state index contributed by atoms with van der Waals surface area (Å²) in [7, 11) is 3.02. The zero-order valence-electron chi connectivity index (χ0n) is 25.2. The topological polar surface area (TPSA) is 138 Å². The third-order valence-electron chi connectivity index (χ3n) is 7.09. The van der Waals surface area contributed by atoms with E-state index in [0.717, 1.165) is 11.3 Å². The molecule has 13 nitrogen and oxygen atoms in total. The van der Waals surface area contributed by atoms with E-state index in [1.807, 2.05) is 40.2 Å². The van der Waals surface area contributed by atoms with Crippen LogP contribution in [0.25, 0.3) is 0 Å². The van der Waals surface area contributed by atoms with Gasteiger partial charge in [-0.05, 0) is 0 Å².